The summed E-state index contributed by atoms with van der Waals surface area (Å²) in [6.07, 6.45) is 0.915. The van der Waals surface area contributed by atoms with Crippen molar-refractivity contribution < 1.29 is 19.4 Å². The molecule has 0 unspecified atom stereocenters. The van der Waals surface area contributed by atoms with Gasteiger partial charge in [0.2, 0.25) is 0 Å². The van der Waals surface area contributed by atoms with E-state index in [4.69, 9.17) is 4.74 Å². The van der Waals surface area contributed by atoms with Crippen LogP contribution >= 0.6 is 0 Å². The predicted molar refractivity (Wildman–Crippen MR) is 74.0 cm³/mol. The molecule has 0 radical (unpaired) electrons. The molecular weight excluding hydrogens is 276 g/mol. The Hall–Kier alpha value is -2.22. The molecule has 3 N–H and O–H groups in total. The molecule has 1 saturated heterocycles. The van der Waals surface area contributed by atoms with E-state index in [1.54, 1.807) is 6.07 Å². The lowest BCUT2D eigenvalue weighted by molar-refractivity contribution is -0.153. The molecule has 2 rings (SSSR count). The number of carbonyl (C=O) groups excluding carboxylic acids is 1. The van der Waals surface area contributed by atoms with Gasteiger partial charge in [0, 0.05) is 26.8 Å². The van der Waals surface area contributed by atoms with E-state index in [-0.39, 0.29) is 18.1 Å². The molecule has 8 heteroatoms. The maximum Gasteiger partial charge on any atom is 0.311 e. The summed E-state index contributed by atoms with van der Waals surface area (Å²) >= 11 is 0. The fraction of sp³-hybridized carbons (Fsp3) is 0.538. The number of amides is 1. The average molecular weight is 294 g/mol. The van der Waals surface area contributed by atoms with Crippen molar-refractivity contribution in [2.24, 2.45) is 5.41 Å². The number of carboxylic acid groups (broad SMARTS) is 1. The molecule has 0 atom stereocenters. The Morgan fingerprint density at radius 1 is 1.33 bits per heavy atom. The van der Waals surface area contributed by atoms with Crippen LogP contribution in [0, 0.1) is 5.41 Å². The monoisotopic (exact) mass is 294 g/mol. The minimum Gasteiger partial charge on any atom is -0.481 e. The van der Waals surface area contributed by atoms with Gasteiger partial charge in [-0.25, -0.2) is 0 Å². The smallest absolute Gasteiger partial charge is 0.311 e. The first-order valence-electron chi connectivity index (χ1n) is 6.68. The highest BCUT2D eigenvalue weighted by Gasteiger charge is 2.40. The topological polar surface area (TPSA) is 113 Å². The van der Waals surface area contributed by atoms with Crippen molar-refractivity contribution in [3.63, 3.8) is 0 Å². The summed E-state index contributed by atoms with van der Waals surface area (Å²) in [4.78, 5) is 22.8. The fourth-order valence-corrected chi connectivity index (χ4v) is 2.16. The van der Waals surface area contributed by atoms with Gasteiger partial charge < -0.3 is 20.5 Å². The summed E-state index contributed by atoms with van der Waals surface area (Å²) in [5, 5.41) is 22.5. The summed E-state index contributed by atoms with van der Waals surface area (Å²) < 4.78 is 5.22. The third kappa shape index (κ3) is 3.46. The van der Waals surface area contributed by atoms with Gasteiger partial charge in [-0.15, -0.1) is 10.2 Å². The van der Waals surface area contributed by atoms with Gasteiger partial charge >= 0.3 is 5.97 Å². The predicted octanol–water partition coefficient (Wildman–Crippen LogP) is 0.130. The number of nitrogens with zero attached hydrogens (tertiary/aromatic N) is 2. The Labute approximate surface area is 121 Å². The number of hydrogen-bond donors (Lipinski definition) is 3. The summed E-state index contributed by atoms with van der Waals surface area (Å²) in [5.74, 6) is -0.719. The highest BCUT2D eigenvalue weighted by atomic mass is 16.5. The standard InChI is InChI=1S/C13H18N4O4/c1-14-11(18)9-2-3-10(17-16-9)15-8-13(12(19)20)4-6-21-7-5-13/h2-3H,4-8H2,1H3,(H,14,18)(H,15,17)(H,19,20). The van der Waals surface area contributed by atoms with Gasteiger partial charge in [-0.3, -0.25) is 9.59 Å². The molecule has 1 aromatic heterocycles. The van der Waals surface area contributed by atoms with E-state index in [9.17, 15) is 14.7 Å². The molecule has 2 heterocycles. The Morgan fingerprint density at radius 3 is 2.57 bits per heavy atom. The summed E-state index contributed by atoms with van der Waals surface area (Å²) in [6.45, 7) is 1.13. The molecule has 8 nitrogen and oxygen atoms in total. The van der Waals surface area contributed by atoms with Crippen molar-refractivity contribution in [2.45, 2.75) is 12.8 Å². The second-order valence-electron chi connectivity index (χ2n) is 4.93. The van der Waals surface area contributed by atoms with Gasteiger partial charge in [-0.05, 0) is 25.0 Å². The second kappa shape index (κ2) is 6.49. The first-order valence-corrected chi connectivity index (χ1v) is 6.68. The number of aliphatic carboxylic acids is 1. The molecule has 1 fully saturated rings. The van der Waals surface area contributed by atoms with Crippen LogP contribution in [0.2, 0.25) is 0 Å². The molecule has 0 spiro atoms. The summed E-state index contributed by atoms with van der Waals surface area (Å²) in [6, 6.07) is 3.14. The van der Waals surface area contributed by atoms with Crippen molar-refractivity contribution in [3.8, 4) is 0 Å². The van der Waals surface area contributed by atoms with Gasteiger partial charge in [0.05, 0.1) is 5.41 Å². The lowest BCUT2D eigenvalue weighted by atomic mass is 9.80. The average Bonchev–Trinajstić information content (AvgIpc) is 2.53. The number of aromatic nitrogens is 2. The molecule has 1 aliphatic heterocycles. The molecule has 1 amide bonds. The SMILES string of the molecule is CNC(=O)c1ccc(NCC2(C(=O)O)CCOCC2)nn1. The molecule has 0 bridgehead atoms. The van der Waals surface area contributed by atoms with Crippen LogP contribution in [0.4, 0.5) is 5.82 Å². The van der Waals surface area contributed by atoms with E-state index in [0.717, 1.165) is 0 Å². The molecule has 0 aromatic carbocycles. The highest BCUT2D eigenvalue weighted by molar-refractivity contribution is 5.91. The van der Waals surface area contributed by atoms with Crippen molar-refractivity contribution in [3.05, 3.63) is 17.8 Å². The zero-order valence-electron chi connectivity index (χ0n) is 11.8. The highest BCUT2D eigenvalue weighted by Crippen LogP contribution is 2.31. The second-order valence-corrected chi connectivity index (χ2v) is 4.93. The molecule has 21 heavy (non-hydrogen) atoms. The van der Waals surface area contributed by atoms with Crippen LogP contribution in [-0.2, 0) is 9.53 Å². The van der Waals surface area contributed by atoms with E-state index >= 15 is 0 Å². The van der Waals surface area contributed by atoms with Crippen LogP contribution in [0.3, 0.4) is 0 Å². The molecular formula is C13H18N4O4. The molecule has 114 valence electrons. The normalized spacial score (nSPS) is 17.0. The maximum absolute atomic E-state index is 11.5. The Bertz CT molecular complexity index is 511. The third-order valence-corrected chi connectivity index (χ3v) is 3.64. The number of anilines is 1. The number of nitrogens with one attached hydrogen (secondary N) is 2. The third-order valence-electron chi connectivity index (χ3n) is 3.64. The minimum absolute atomic E-state index is 0.210. The first kappa shape index (κ1) is 15.2. The quantitative estimate of drug-likeness (QED) is 0.707. The van der Waals surface area contributed by atoms with E-state index in [0.29, 0.717) is 31.9 Å². The summed E-state index contributed by atoms with van der Waals surface area (Å²) in [7, 11) is 1.51. The zero-order chi connectivity index (χ0) is 15.3. The lowest BCUT2D eigenvalue weighted by Gasteiger charge is -2.33. The van der Waals surface area contributed by atoms with Crippen molar-refractivity contribution >= 4 is 17.7 Å². The van der Waals surface area contributed by atoms with Gasteiger partial charge in [0.1, 0.15) is 5.82 Å². The molecule has 0 saturated carbocycles. The van der Waals surface area contributed by atoms with Crippen molar-refractivity contribution in [2.75, 3.05) is 32.1 Å². The summed E-state index contributed by atoms with van der Waals surface area (Å²) in [5.41, 5.74) is -0.638. The van der Waals surface area contributed by atoms with Gasteiger partial charge in [0.25, 0.3) is 5.91 Å². The number of hydrogen-bond acceptors (Lipinski definition) is 6. The Kier molecular flexibility index (Phi) is 4.69. The minimum atomic E-state index is -0.848. The van der Waals surface area contributed by atoms with Crippen LogP contribution in [0.25, 0.3) is 0 Å². The van der Waals surface area contributed by atoms with Gasteiger partial charge in [-0.2, -0.15) is 0 Å². The Morgan fingerprint density at radius 2 is 2.05 bits per heavy atom. The number of carboxylic acids is 1. The van der Waals surface area contributed by atoms with Crippen LogP contribution in [0.5, 0.6) is 0 Å². The van der Waals surface area contributed by atoms with Crippen LogP contribution in [0.15, 0.2) is 12.1 Å². The van der Waals surface area contributed by atoms with Crippen LogP contribution < -0.4 is 10.6 Å². The number of ether oxygens (including phenoxy) is 1. The van der Waals surface area contributed by atoms with Gasteiger partial charge in [0.15, 0.2) is 5.69 Å². The van der Waals surface area contributed by atoms with Gasteiger partial charge in [-0.1, -0.05) is 0 Å². The maximum atomic E-state index is 11.5. The number of carbonyl (C=O) groups is 2. The molecule has 1 aliphatic rings. The fourth-order valence-electron chi connectivity index (χ4n) is 2.16. The Balaban J connectivity index is 2.01. The van der Waals surface area contributed by atoms with Crippen LogP contribution in [0.1, 0.15) is 23.3 Å². The molecule has 0 aliphatic carbocycles. The van der Waals surface area contributed by atoms with Crippen molar-refractivity contribution in [1.82, 2.24) is 15.5 Å². The largest absolute Gasteiger partial charge is 0.481 e. The lowest BCUT2D eigenvalue weighted by Crippen LogP contribution is -2.42. The van der Waals surface area contributed by atoms with E-state index in [1.165, 1.54) is 13.1 Å². The van der Waals surface area contributed by atoms with E-state index in [2.05, 4.69) is 20.8 Å². The van der Waals surface area contributed by atoms with Crippen LogP contribution in [-0.4, -0.2) is 54.0 Å². The first-order chi connectivity index (χ1) is 10.1. The van der Waals surface area contributed by atoms with E-state index < -0.39 is 11.4 Å². The van der Waals surface area contributed by atoms with Crippen molar-refractivity contribution in [1.29, 1.82) is 0 Å². The van der Waals surface area contributed by atoms with E-state index in [1.807, 2.05) is 0 Å². The zero-order valence-corrected chi connectivity index (χ0v) is 11.8. The molecule has 1 aromatic rings. The number of rotatable bonds is 5.